The first kappa shape index (κ1) is 18.9. The maximum atomic E-state index is 12.1. The van der Waals surface area contributed by atoms with E-state index in [1.165, 1.54) is 0 Å². The van der Waals surface area contributed by atoms with Crippen molar-refractivity contribution in [2.45, 2.75) is 0 Å². The quantitative estimate of drug-likeness (QED) is 0.409. The monoisotopic (exact) mass is 412 g/mol. The molecule has 0 radical (unpaired) electrons. The number of nitrogens with zero attached hydrogens (tertiary/aromatic N) is 5. The normalized spacial score (nSPS) is 11.5. The molecule has 5 heterocycles. The van der Waals surface area contributed by atoms with E-state index < -0.39 is 0 Å². The highest BCUT2D eigenvalue weighted by atomic mass is 16.2. The van der Waals surface area contributed by atoms with Crippen LogP contribution in [0.1, 0.15) is 0 Å². The first-order valence-corrected chi connectivity index (χ1v) is 9.74. The number of hydrogen-bond acceptors (Lipinski definition) is 6. The van der Waals surface area contributed by atoms with Crippen LogP contribution in [0.25, 0.3) is 44.5 Å². The van der Waals surface area contributed by atoms with Gasteiger partial charge < -0.3 is 15.2 Å². The standard InChI is InChI=1S/C22H20N8O/c1-30(2)12-20(31)26-16-5-13(8-24-11-16)14-6-17-21(28-29-22(17)25-10-14)19-7-15-9-23-4-3-18(15)27-19/h3-11,27H,12H2,1-2H3,(H,26,31)(H,25,28,29). The molecule has 5 rings (SSSR count). The average molecular weight is 412 g/mol. The highest BCUT2D eigenvalue weighted by Gasteiger charge is 2.14. The van der Waals surface area contributed by atoms with Gasteiger partial charge in [0.1, 0.15) is 5.69 Å². The lowest BCUT2D eigenvalue weighted by molar-refractivity contribution is -0.116. The molecule has 5 aromatic rings. The zero-order valence-electron chi connectivity index (χ0n) is 17.0. The third kappa shape index (κ3) is 3.74. The maximum absolute atomic E-state index is 12.1. The molecule has 0 fully saturated rings. The van der Waals surface area contributed by atoms with Crippen LogP contribution in [0.5, 0.6) is 0 Å². The molecule has 9 nitrogen and oxygen atoms in total. The summed E-state index contributed by atoms with van der Waals surface area (Å²) in [5, 5.41) is 12.2. The zero-order chi connectivity index (χ0) is 21.4. The molecule has 5 aromatic heterocycles. The average Bonchev–Trinajstić information content (AvgIpc) is 3.36. The highest BCUT2D eigenvalue weighted by Crippen LogP contribution is 2.30. The van der Waals surface area contributed by atoms with Gasteiger partial charge in [-0.15, -0.1) is 0 Å². The Morgan fingerprint density at radius 2 is 1.94 bits per heavy atom. The Balaban J connectivity index is 1.51. The largest absolute Gasteiger partial charge is 0.353 e. The number of pyridine rings is 3. The van der Waals surface area contributed by atoms with Gasteiger partial charge in [0, 0.05) is 52.2 Å². The molecule has 154 valence electrons. The van der Waals surface area contributed by atoms with Crippen molar-refractivity contribution >= 4 is 33.5 Å². The minimum Gasteiger partial charge on any atom is -0.353 e. The molecule has 0 aliphatic carbocycles. The third-order valence-electron chi connectivity index (χ3n) is 4.91. The van der Waals surface area contributed by atoms with Crippen LogP contribution in [0, 0.1) is 0 Å². The minimum absolute atomic E-state index is 0.0945. The molecule has 9 heteroatoms. The second-order valence-corrected chi connectivity index (χ2v) is 7.59. The van der Waals surface area contributed by atoms with Gasteiger partial charge in [-0.3, -0.25) is 19.9 Å². The summed E-state index contributed by atoms with van der Waals surface area (Å²) in [7, 11) is 3.70. The number of anilines is 1. The number of aromatic nitrogens is 6. The lowest BCUT2D eigenvalue weighted by Gasteiger charge is -2.10. The Bertz CT molecular complexity index is 1370. The molecule has 0 saturated carbocycles. The summed E-state index contributed by atoms with van der Waals surface area (Å²) >= 11 is 0. The zero-order valence-corrected chi connectivity index (χ0v) is 17.0. The smallest absolute Gasteiger partial charge is 0.238 e. The first-order chi connectivity index (χ1) is 15.1. The van der Waals surface area contributed by atoms with Crippen LogP contribution in [-0.2, 0) is 4.79 Å². The van der Waals surface area contributed by atoms with Gasteiger partial charge in [-0.1, -0.05) is 0 Å². The summed E-state index contributed by atoms with van der Waals surface area (Å²) in [6.45, 7) is 0.302. The molecule has 0 bridgehead atoms. The fourth-order valence-electron chi connectivity index (χ4n) is 3.52. The third-order valence-corrected chi connectivity index (χ3v) is 4.91. The summed E-state index contributed by atoms with van der Waals surface area (Å²) in [4.78, 5) is 30.2. The summed E-state index contributed by atoms with van der Waals surface area (Å²) in [5.74, 6) is -0.0945. The summed E-state index contributed by atoms with van der Waals surface area (Å²) in [6, 6.07) is 7.86. The molecule has 1 amide bonds. The van der Waals surface area contributed by atoms with Gasteiger partial charge in [0.05, 0.1) is 24.1 Å². The molecule has 31 heavy (non-hydrogen) atoms. The molecule has 3 N–H and O–H groups in total. The number of nitrogens with one attached hydrogen (secondary N) is 3. The number of rotatable bonds is 5. The van der Waals surface area contributed by atoms with Crippen LogP contribution in [-0.4, -0.2) is 61.6 Å². The number of carbonyl (C=O) groups is 1. The van der Waals surface area contributed by atoms with Crippen molar-refractivity contribution in [2.75, 3.05) is 26.0 Å². The summed E-state index contributed by atoms with van der Waals surface area (Å²) in [6.07, 6.45) is 8.71. The Morgan fingerprint density at radius 1 is 1.06 bits per heavy atom. The first-order valence-electron chi connectivity index (χ1n) is 9.74. The van der Waals surface area contributed by atoms with Crippen LogP contribution in [0.2, 0.25) is 0 Å². The maximum Gasteiger partial charge on any atom is 0.238 e. The minimum atomic E-state index is -0.0945. The van der Waals surface area contributed by atoms with Gasteiger partial charge in [-0.2, -0.15) is 5.10 Å². The van der Waals surface area contributed by atoms with Crippen LogP contribution >= 0.6 is 0 Å². The van der Waals surface area contributed by atoms with Crippen LogP contribution in [0.15, 0.2) is 55.2 Å². The molecular formula is C22H20N8O. The molecule has 0 atom stereocenters. The van der Waals surface area contributed by atoms with E-state index in [4.69, 9.17) is 0 Å². The van der Waals surface area contributed by atoms with E-state index >= 15 is 0 Å². The highest BCUT2D eigenvalue weighted by molar-refractivity contribution is 5.96. The van der Waals surface area contributed by atoms with E-state index in [1.807, 2.05) is 49.5 Å². The molecular weight excluding hydrogens is 392 g/mol. The Kier molecular flexibility index (Phi) is 4.64. The van der Waals surface area contributed by atoms with Crippen LogP contribution in [0.4, 0.5) is 5.69 Å². The number of carbonyl (C=O) groups excluding carboxylic acids is 1. The van der Waals surface area contributed by atoms with Gasteiger partial charge in [0.2, 0.25) is 5.91 Å². The van der Waals surface area contributed by atoms with E-state index in [1.54, 1.807) is 24.8 Å². The molecule has 0 unspecified atom stereocenters. The van der Waals surface area contributed by atoms with E-state index in [0.29, 0.717) is 17.9 Å². The van der Waals surface area contributed by atoms with E-state index in [2.05, 4.69) is 35.5 Å². The molecule has 0 saturated heterocycles. The number of amides is 1. The Labute approximate surface area is 177 Å². The summed E-state index contributed by atoms with van der Waals surface area (Å²) in [5.41, 5.74) is 5.73. The van der Waals surface area contributed by atoms with E-state index in [-0.39, 0.29) is 5.91 Å². The lowest BCUT2D eigenvalue weighted by Crippen LogP contribution is -2.27. The lowest BCUT2D eigenvalue weighted by atomic mass is 10.1. The predicted octanol–water partition coefficient (Wildman–Crippen LogP) is 3.06. The van der Waals surface area contributed by atoms with Crippen molar-refractivity contribution in [3.8, 4) is 22.5 Å². The van der Waals surface area contributed by atoms with E-state index in [9.17, 15) is 4.79 Å². The second kappa shape index (κ2) is 7.62. The number of likely N-dealkylation sites (N-methyl/N-ethyl adjacent to an activating group) is 1. The fourth-order valence-corrected chi connectivity index (χ4v) is 3.52. The van der Waals surface area contributed by atoms with Gasteiger partial charge in [-0.25, -0.2) is 4.98 Å². The SMILES string of the molecule is CN(C)CC(=O)Nc1cncc(-c2cnc3[nH]nc(-c4cc5cnccc5[nH]4)c3c2)c1. The molecule has 0 spiro atoms. The van der Waals surface area contributed by atoms with Crippen molar-refractivity contribution in [2.24, 2.45) is 0 Å². The van der Waals surface area contributed by atoms with Gasteiger partial charge in [0.15, 0.2) is 5.65 Å². The Morgan fingerprint density at radius 3 is 2.77 bits per heavy atom. The molecule has 0 aromatic carbocycles. The molecule has 0 aliphatic heterocycles. The van der Waals surface area contributed by atoms with Crippen molar-refractivity contribution in [3.05, 3.63) is 55.2 Å². The van der Waals surface area contributed by atoms with Gasteiger partial charge >= 0.3 is 0 Å². The number of aromatic amines is 2. The van der Waals surface area contributed by atoms with Gasteiger partial charge in [0.25, 0.3) is 0 Å². The Hall–Kier alpha value is -4.11. The second-order valence-electron chi connectivity index (χ2n) is 7.59. The fraction of sp³-hybridized carbons (Fsp3) is 0.136. The topological polar surface area (TPSA) is 115 Å². The van der Waals surface area contributed by atoms with Crippen molar-refractivity contribution < 1.29 is 4.79 Å². The van der Waals surface area contributed by atoms with E-state index in [0.717, 1.165) is 38.8 Å². The van der Waals surface area contributed by atoms with Crippen LogP contribution < -0.4 is 5.32 Å². The summed E-state index contributed by atoms with van der Waals surface area (Å²) < 4.78 is 0. The number of hydrogen-bond donors (Lipinski definition) is 3. The van der Waals surface area contributed by atoms with Crippen molar-refractivity contribution in [3.63, 3.8) is 0 Å². The van der Waals surface area contributed by atoms with Crippen molar-refractivity contribution in [1.29, 1.82) is 0 Å². The van der Waals surface area contributed by atoms with Crippen LogP contribution in [0.3, 0.4) is 0 Å². The number of H-pyrrole nitrogens is 2. The van der Waals surface area contributed by atoms with Gasteiger partial charge in [-0.05, 0) is 38.4 Å². The molecule has 0 aliphatic rings. The predicted molar refractivity (Wildman–Crippen MR) is 119 cm³/mol. The number of fused-ring (bicyclic) bond motifs is 2. The van der Waals surface area contributed by atoms with Crippen molar-refractivity contribution in [1.82, 2.24) is 35.0 Å².